The number of nitrogens with zero attached hydrogens (tertiary/aromatic N) is 1. The summed E-state index contributed by atoms with van der Waals surface area (Å²) in [6, 6.07) is 0.610. The van der Waals surface area contributed by atoms with Gasteiger partial charge in [-0.3, -0.25) is 4.90 Å². The number of carbonyl (C=O) groups excluding carboxylic acids is 1. The van der Waals surface area contributed by atoms with Crippen LogP contribution < -0.4 is 0 Å². The summed E-state index contributed by atoms with van der Waals surface area (Å²) in [5, 5.41) is 9.05. The van der Waals surface area contributed by atoms with E-state index in [1.165, 1.54) is 51.4 Å². The molecule has 2 fully saturated rings. The number of ketones is 1. The van der Waals surface area contributed by atoms with E-state index in [1.54, 1.807) is 6.92 Å². The first-order valence-corrected chi connectivity index (χ1v) is 9.18. The second-order valence-corrected chi connectivity index (χ2v) is 7.06. The molecule has 2 rings (SSSR count). The van der Waals surface area contributed by atoms with E-state index < -0.39 is 0 Å². The maximum Gasteiger partial charge on any atom is 0.129 e. The number of hydrogen-bond donors (Lipinski definition) is 1. The van der Waals surface area contributed by atoms with Gasteiger partial charge in [0, 0.05) is 19.0 Å². The first-order valence-electron chi connectivity index (χ1n) is 9.18. The second-order valence-electron chi connectivity index (χ2n) is 7.06. The molecule has 1 heterocycles. The van der Waals surface area contributed by atoms with E-state index in [9.17, 15) is 4.79 Å². The molecular weight excluding hydrogens is 278 g/mol. The maximum absolute atomic E-state index is 11.3. The van der Waals surface area contributed by atoms with Crippen LogP contribution in [0.15, 0.2) is 0 Å². The van der Waals surface area contributed by atoms with E-state index in [0.717, 1.165) is 18.9 Å². The van der Waals surface area contributed by atoms with Crippen LogP contribution in [-0.2, 0) is 9.53 Å². The Labute approximate surface area is 135 Å². The molecule has 1 saturated heterocycles. The molecule has 22 heavy (non-hydrogen) atoms. The molecular formula is C18H33NO3. The highest BCUT2D eigenvalue weighted by Gasteiger charge is 2.33. The number of hydrogen-bond acceptors (Lipinski definition) is 4. The molecule has 0 bridgehead atoms. The molecule has 4 heteroatoms. The fraction of sp³-hybridized carbons (Fsp3) is 0.944. The monoisotopic (exact) mass is 311 g/mol. The smallest absolute Gasteiger partial charge is 0.129 e. The van der Waals surface area contributed by atoms with E-state index in [4.69, 9.17) is 9.84 Å². The van der Waals surface area contributed by atoms with Crippen molar-refractivity contribution in [2.75, 3.05) is 19.8 Å². The molecule has 128 valence electrons. The lowest BCUT2D eigenvalue weighted by Gasteiger charge is -2.35. The molecule has 0 aromatic heterocycles. The van der Waals surface area contributed by atoms with E-state index in [0.29, 0.717) is 19.1 Å². The van der Waals surface area contributed by atoms with Gasteiger partial charge in [-0.25, -0.2) is 0 Å². The molecule has 0 aromatic rings. The lowest BCUT2D eigenvalue weighted by Crippen LogP contribution is -2.42. The van der Waals surface area contributed by atoms with Gasteiger partial charge in [0.25, 0.3) is 0 Å². The quantitative estimate of drug-likeness (QED) is 0.711. The topological polar surface area (TPSA) is 49.8 Å². The molecule has 0 aromatic carbocycles. The van der Waals surface area contributed by atoms with Gasteiger partial charge in [0.15, 0.2) is 0 Å². The molecule has 0 spiro atoms. The van der Waals surface area contributed by atoms with Gasteiger partial charge in [-0.1, -0.05) is 32.1 Å². The highest BCUT2D eigenvalue weighted by molar-refractivity contribution is 5.75. The Hall–Kier alpha value is -0.450. The van der Waals surface area contributed by atoms with Gasteiger partial charge in [0.05, 0.1) is 13.2 Å². The Morgan fingerprint density at radius 1 is 1.23 bits per heavy atom. The molecule has 1 aliphatic heterocycles. The second kappa shape index (κ2) is 9.64. The summed E-state index contributed by atoms with van der Waals surface area (Å²) in [5.74, 6) is 1.10. The molecule has 1 aliphatic carbocycles. The highest BCUT2D eigenvalue weighted by Crippen LogP contribution is 2.33. The number of Topliss-reactive ketones (excluding diaryl/α,β-unsaturated/α-hetero) is 1. The lowest BCUT2D eigenvalue weighted by molar-refractivity contribution is -0.120. The minimum Gasteiger partial charge on any atom is -0.394 e. The predicted octanol–water partition coefficient (Wildman–Crippen LogP) is 3.13. The lowest BCUT2D eigenvalue weighted by atomic mass is 9.84. The zero-order valence-corrected chi connectivity index (χ0v) is 14.1. The Morgan fingerprint density at radius 3 is 2.68 bits per heavy atom. The molecule has 0 radical (unpaired) electrons. The van der Waals surface area contributed by atoms with Crippen molar-refractivity contribution in [3.63, 3.8) is 0 Å². The van der Waals surface area contributed by atoms with Crippen LogP contribution in [-0.4, -0.2) is 47.8 Å². The number of likely N-dealkylation sites (tertiary alicyclic amines) is 1. The van der Waals surface area contributed by atoms with Crippen LogP contribution >= 0.6 is 0 Å². The van der Waals surface area contributed by atoms with E-state index in [2.05, 4.69) is 4.90 Å². The van der Waals surface area contributed by atoms with Gasteiger partial charge in [-0.2, -0.15) is 0 Å². The Morgan fingerprint density at radius 2 is 2.00 bits per heavy atom. The summed E-state index contributed by atoms with van der Waals surface area (Å²) in [4.78, 5) is 13.8. The van der Waals surface area contributed by atoms with Crippen LogP contribution in [0, 0.1) is 5.92 Å². The summed E-state index contributed by atoms with van der Waals surface area (Å²) in [6.45, 7) is 3.14. The van der Waals surface area contributed by atoms with Crippen molar-refractivity contribution in [1.29, 1.82) is 0 Å². The summed E-state index contributed by atoms with van der Waals surface area (Å²) < 4.78 is 5.87. The molecule has 0 amide bonds. The molecule has 1 N–H and O–H groups in total. The van der Waals surface area contributed by atoms with Crippen LogP contribution in [0.4, 0.5) is 0 Å². The number of carbonyl (C=O) groups is 1. The van der Waals surface area contributed by atoms with Gasteiger partial charge in [-0.05, 0) is 38.5 Å². The zero-order chi connectivity index (χ0) is 15.8. The van der Waals surface area contributed by atoms with Gasteiger partial charge in [0.2, 0.25) is 0 Å². The average Bonchev–Trinajstić information content (AvgIpc) is 2.96. The van der Waals surface area contributed by atoms with Crippen LogP contribution in [0.2, 0.25) is 0 Å². The van der Waals surface area contributed by atoms with Crippen LogP contribution in [0.25, 0.3) is 0 Å². The normalized spacial score (nSPS) is 25.5. The summed E-state index contributed by atoms with van der Waals surface area (Å²) >= 11 is 0. The average molecular weight is 311 g/mol. The van der Waals surface area contributed by atoms with Crippen molar-refractivity contribution in [1.82, 2.24) is 4.90 Å². The summed E-state index contributed by atoms with van der Waals surface area (Å²) in [7, 11) is 0. The molecule has 2 unspecified atom stereocenters. The van der Waals surface area contributed by atoms with Crippen molar-refractivity contribution in [3.05, 3.63) is 0 Å². The van der Waals surface area contributed by atoms with Crippen molar-refractivity contribution < 1.29 is 14.6 Å². The van der Waals surface area contributed by atoms with E-state index >= 15 is 0 Å². The first-order chi connectivity index (χ1) is 10.7. The van der Waals surface area contributed by atoms with Crippen molar-refractivity contribution in [2.45, 2.75) is 83.4 Å². The Bertz CT molecular complexity index is 328. The van der Waals surface area contributed by atoms with E-state index in [-0.39, 0.29) is 18.6 Å². The van der Waals surface area contributed by atoms with Crippen molar-refractivity contribution in [2.24, 2.45) is 5.92 Å². The standard InChI is InChI=1S/C18H33NO3/c1-15(21)9-10-18(22-13-12-20)19-11-5-8-17(19)14-16-6-3-2-4-7-16/h16-18,20H,2-14H2,1H3. The van der Waals surface area contributed by atoms with Gasteiger partial charge in [-0.15, -0.1) is 0 Å². The van der Waals surface area contributed by atoms with Crippen molar-refractivity contribution in [3.8, 4) is 0 Å². The third-order valence-electron chi connectivity index (χ3n) is 5.27. The minimum atomic E-state index is 0.00661. The minimum absolute atomic E-state index is 0.00661. The van der Waals surface area contributed by atoms with Gasteiger partial charge < -0.3 is 14.6 Å². The summed E-state index contributed by atoms with van der Waals surface area (Å²) in [5.41, 5.74) is 0. The number of ether oxygens (including phenoxy) is 1. The maximum atomic E-state index is 11.3. The zero-order valence-electron chi connectivity index (χ0n) is 14.1. The highest BCUT2D eigenvalue weighted by atomic mass is 16.5. The SMILES string of the molecule is CC(=O)CCC(OCCO)N1CCCC1CC1CCCCC1. The summed E-state index contributed by atoms with van der Waals surface area (Å²) in [6.07, 6.45) is 12.1. The van der Waals surface area contributed by atoms with Crippen molar-refractivity contribution >= 4 is 5.78 Å². The Balaban J connectivity index is 1.89. The third-order valence-corrected chi connectivity index (χ3v) is 5.27. The number of aliphatic hydroxyl groups is 1. The number of rotatable bonds is 9. The van der Waals surface area contributed by atoms with Crippen LogP contribution in [0.1, 0.15) is 71.1 Å². The third kappa shape index (κ3) is 5.64. The fourth-order valence-corrected chi connectivity index (χ4v) is 4.16. The predicted molar refractivity (Wildman–Crippen MR) is 87.7 cm³/mol. The molecule has 2 atom stereocenters. The number of aliphatic hydroxyl groups excluding tert-OH is 1. The van der Waals surface area contributed by atoms with Crippen LogP contribution in [0.5, 0.6) is 0 Å². The van der Waals surface area contributed by atoms with Crippen LogP contribution in [0.3, 0.4) is 0 Å². The first kappa shape index (κ1) is 17.9. The molecule has 1 saturated carbocycles. The molecule has 2 aliphatic rings. The molecule has 4 nitrogen and oxygen atoms in total. The van der Waals surface area contributed by atoms with E-state index in [1.807, 2.05) is 0 Å². The fourth-order valence-electron chi connectivity index (χ4n) is 4.16. The van der Waals surface area contributed by atoms with Gasteiger partial charge >= 0.3 is 0 Å². The van der Waals surface area contributed by atoms with Gasteiger partial charge in [0.1, 0.15) is 12.0 Å². The largest absolute Gasteiger partial charge is 0.394 e. The Kier molecular flexibility index (Phi) is 7.84.